The Kier molecular flexibility index (Phi) is 4.22. The van der Waals surface area contributed by atoms with E-state index < -0.39 is 0 Å². The molecule has 0 amide bonds. The molecule has 2 aromatic heterocycles. The quantitative estimate of drug-likeness (QED) is 0.939. The van der Waals surface area contributed by atoms with E-state index in [4.69, 9.17) is 23.2 Å². The number of hydrogen-bond donors (Lipinski definition) is 1. The van der Waals surface area contributed by atoms with Gasteiger partial charge in [-0.05, 0) is 13.1 Å². The maximum atomic E-state index is 6.17. The smallest absolute Gasteiger partial charge is 0.110 e. The van der Waals surface area contributed by atoms with Crippen LogP contribution in [0.15, 0.2) is 24.7 Å². The van der Waals surface area contributed by atoms with Crippen molar-refractivity contribution in [2.75, 3.05) is 7.05 Å². The molecular formula is C12H14Cl2N4. The molecule has 0 spiro atoms. The molecule has 0 fully saturated rings. The van der Waals surface area contributed by atoms with Crippen molar-refractivity contribution < 1.29 is 0 Å². The summed E-state index contributed by atoms with van der Waals surface area (Å²) in [6.45, 7) is 0. The Bertz CT molecular complexity index is 539. The van der Waals surface area contributed by atoms with Crippen LogP contribution in [0.3, 0.4) is 0 Å². The molecule has 2 aromatic rings. The van der Waals surface area contributed by atoms with E-state index in [1.54, 1.807) is 18.5 Å². The highest BCUT2D eigenvalue weighted by Crippen LogP contribution is 2.25. The van der Waals surface area contributed by atoms with Crippen LogP contribution in [-0.4, -0.2) is 21.6 Å². The summed E-state index contributed by atoms with van der Waals surface area (Å²) in [5.41, 5.74) is 0.784. The minimum absolute atomic E-state index is 0.0101. The van der Waals surface area contributed by atoms with Crippen molar-refractivity contribution in [1.82, 2.24) is 19.9 Å². The van der Waals surface area contributed by atoms with Crippen molar-refractivity contribution in [1.29, 1.82) is 0 Å². The van der Waals surface area contributed by atoms with Gasteiger partial charge in [0.05, 0.1) is 21.8 Å². The Morgan fingerprint density at radius 1 is 1.39 bits per heavy atom. The molecule has 0 radical (unpaired) electrons. The maximum absolute atomic E-state index is 6.17. The van der Waals surface area contributed by atoms with Crippen molar-refractivity contribution in [2.24, 2.45) is 7.05 Å². The van der Waals surface area contributed by atoms with Crippen LogP contribution in [-0.2, 0) is 13.5 Å². The van der Waals surface area contributed by atoms with Crippen molar-refractivity contribution in [3.8, 4) is 0 Å². The second kappa shape index (κ2) is 5.69. The van der Waals surface area contributed by atoms with Crippen LogP contribution in [0.2, 0.25) is 10.0 Å². The SMILES string of the molecule is CNC(Cc1nccn1C)c1ncc(Cl)cc1Cl. The number of rotatable bonds is 4. The first-order chi connectivity index (χ1) is 8.61. The van der Waals surface area contributed by atoms with E-state index >= 15 is 0 Å². The zero-order valence-corrected chi connectivity index (χ0v) is 11.7. The second-order valence-electron chi connectivity index (χ2n) is 4.02. The molecule has 2 rings (SSSR count). The molecule has 0 saturated carbocycles. The molecule has 2 heterocycles. The molecule has 1 N–H and O–H groups in total. The highest BCUT2D eigenvalue weighted by atomic mass is 35.5. The Morgan fingerprint density at radius 2 is 2.17 bits per heavy atom. The van der Waals surface area contributed by atoms with E-state index in [0.29, 0.717) is 16.5 Å². The van der Waals surface area contributed by atoms with E-state index in [1.165, 1.54) is 0 Å². The fourth-order valence-corrected chi connectivity index (χ4v) is 2.30. The van der Waals surface area contributed by atoms with Crippen LogP contribution < -0.4 is 5.32 Å². The molecule has 96 valence electrons. The van der Waals surface area contributed by atoms with Gasteiger partial charge in [0, 0.05) is 32.1 Å². The molecule has 0 aromatic carbocycles. The highest BCUT2D eigenvalue weighted by Gasteiger charge is 2.17. The lowest BCUT2D eigenvalue weighted by atomic mass is 10.1. The van der Waals surface area contributed by atoms with Gasteiger partial charge < -0.3 is 9.88 Å². The van der Waals surface area contributed by atoms with Crippen LogP contribution in [0.5, 0.6) is 0 Å². The number of nitrogens with one attached hydrogen (secondary N) is 1. The average Bonchev–Trinajstić information content (AvgIpc) is 2.73. The minimum atomic E-state index is 0.0101. The van der Waals surface area contributed by atoms with Gasteiger partial charge in [-0.1, -0.05) is 23.2 Å². The van der Waals surface area contributed by atoms with Gasteiger partial charge in [0.2, 0.25) is 0 Å². The zero-order valence-electron chi connectivity index (χ0n) is 10.2. The first-order valence-electron chi connectivity index (χ1n) is 5.56. The van der Waals surface area contributed by atoms with E-state index in [-0.39, 0.29) is 6.04 Å². The normalized spacial score (nSPS) is 12.7. The van der Waals surface area contributed by atoms with Crippen LogP contribution >= 0.6 is 23.2 Å². The first-order valence-corrected chi connectivity index (χ1v) is 6.32. The topological polar surface area (TPSA) is 42.7 Å². The predicted octanol–water partition coefficient (Wildman–Crippen LogP) is 2.63. The van der Waals surface area contributed by atoms with E-state index in [0.717, 1.165) is 11.5 Å². The molecule has 18 heavy (non-hydrogen) atoms. The second-order valence-corrected chi connectivity index (χ2v) is 4.86. The Balaban J connectivity index is 2.26. The van der Waals surface area contributed by atoms with Gasteiger partial charge in [0.15, 0.2) is 0 Å². The molecule has 1 unspecified atom stereocenters. The van der Waals surface area contributed by atoms with Crippen molar-refractivity contribution in [3.05, 3.63) is 46.2 Å². The molecule has 0 saturated heterocycles. The lowest BCUT2D eigenvalue weighted by Crippen LogP contribution is -2.22. The van der Waals surface area contributed by atoms with Crippen molar-refractivity contribution >= 4 is 23.2 Å². The third kappa shape index (κ3) is 2.83. The van der Waals surface area contributed by atoms with Crippen LogP contribution in [0.25, 0.3) is 0 Å². The third-order valence-electron chi connectivity index (χ3n) is 2.82. The Hall–Kier alpha value is -1.10. The van der Waals surface area contributed by atoms with Gasteiger partial charge >= 0.3 is 0 Å². The summed E-state index contributed by atoms with van der Waals surface area (Å²) in [5, 5.41) is 4.30. The van der Waals surface area contributed by atoms with Crippen molar-refractivity contribution in [3.63, 3.8) is 0 Å². The summed E-state index contributed by atoms with van der Waals surface area (Å²) in [6, 6.07) is 1.71. The number of aryl methyl sites for hydroxylation is 1. The Morgan fingerprint density at radius 3 is 2.72 bits per heavy atom. The summed E-state index contributed by atoms with van der Waals surface area (Å²) < 4.78 is 1.98. The molecule has 0 aliphatic carbocycles. The van der Waals surface area contributed by atoms with E-state index in [9.17, 15) is 0 Å². The molecule has 1 atom stereocenters. The van der Waals surface area contributed by atoms with E-state index in [1.807, 2.05) is 24.9 Å². The minimum Gasteiger partial charge on any atom is -0.338 e. The number of nitrogens with zero attached hydrogens (tertiary/aromatic N) is 3. The number of aromatic nitrogens is 3. The number of pyridine rings is 1. The average molecular weight is 285 g/mol. The lowest BCUT2D eigenvalue weighted by Gasteiger charge is -2.16. The Labute approximate surface area is 116 Å². The van der Waals surface area contributed by atoms with Crippen LogP contribution in [0.4, 0.5) is 0 Å². The van der Waals surface area contributed by atoms with E-state index in [2.05, 4.69) is 15.3 Å². The summed E-state index contributed by atoms with van der Waals surface area (Å²) >= 11 is 12.0. The monoisotopic (exact) mass is 284 g/mol. The summed E-state index contributed by atoms with van der Waals surface area (Å²) in [7, 11) is 3.84. The summed E-state index contributed by atoms with van der Waals surface area (Å²) in [5.74, 6) is 0.974. The highest BCUT2D eigenvalue weighted by molar-refractivity contribution is 6.34. The number of imidazole rings is 1. The van der Waals surface area contributed by atoms with Gasteiger partial charge in [0.25, 0.3) is 0 Å². The number of hydrogen-bond acceptors (Lipinski definition) is 3. The fourth-order valence-electron chi connectivity index (χ4n) is 1.79. The number of likely N-dealkylation sites (N-methyl/N-ethyl adjacent to an activating group) is 1. The van der Waals surface area contributed by atoms with Gasteiger partial charge in [-0.2, -0.15) is 0 Å². The summed E-state index contributed by atoms with van der Waals surface area (Å²) in [6.07, 6.45) is 6.01. The summed E-state index contributed by atoms with van der Waals surface area (Å²) in [4.78, 5) is 8.60. The molecule has 0 aliphatic rings. The lowest BCUT2D eigenvalue weighted by molar-refractivity contribution is 0.550. The van der Waals surface area contributed by atoms with Gasteiger partial charge in [0.1, 0.15) is 5.82 Å². The van der Waals surface area contributed by atoms with Gasteiger partial charge in [-0.25, -0.2) is 4.98 Å². The standard InChI is InChI=1S/C12H14Cl2N4/c1-15-10(6-11-16-3-4-18(11)2)12-9(14)5-8(13)7-17-12/h3-5,7,10,15H,6H2,1-2H3. The third-order valence-corrected chi connectivity index (χ3v) is 3.33. The molecule has 4 nitrogen and oxygen atoms in total. The van der Waals surface area contributed by atoms with Gasteiger partial charge in [-0.3, -0.25) is 4.98 Å². The molecule has 0 aliphatic heterocycles. The molecular weight excluding hydrogens is 271 g/mol. The molecule has 6 heteroatoms. The van der Waals surface area contributed by atoms with Crippen LogP contribution in [0, 0.1) is 0 Å². The predicted molar refractivity (Wildman–Crippen MR) is 73.0 cm³/mol. The van der Waals surface area contributed by atoms with Crippen LogP contribution in [0.1, 0.15) is 17.6 Å². The first kappa shape index (κ1) is 13.3. The largest absolute Gasteiger partial charge is 0.338 e. The van der Waals surface area contributed by atoms with Crippen molar-refractivity contribution in [2.45, 2.75) is 12.5 Å². The maximum Gasteiger partial charge on any atom is 0.110 e. The zero-order chi connectivity index (χ0) is 13.1. The molecule has 0 bridgehead atoms. The fraction of sp³-hybridized carbons (Fsp3) is 0.333. The van der Waals surface area contributed by atoms with Gasteiger partial charge in [-0.15, -0.1) is 0 Å². The number of halogens is 2.